The molecule has 0 aliphatic rings. The molecule has 1 atom stereocenters. The quantitative estimate of drug-likeness (QED) is 0.537. The van der Waals surface area contributed by atoms with Gasteiger partial charge in [-0.05, 0) is 5.92 Å². The Balaban J connectivity index is 4.68. The second kappa shape index (κ2) is 8.30. The number of nitrogens with two attached hydrogens (primary N) is 1. The Labute approximate surface area is 111 Å². The topological polar surface area (TPSA) is 122 Å². The van der Waals surface area contributed by atoms with E-state index in [1.165, 1.54) is 7.11 Å². The molecule has 0 aromatic rings. The van der Waals surface area contributed by atoms with Crippen LogP contribution in [-0.4, -0.2) is 60.8 Å². The van der Waals surface area contributed by atoms with Crippen LogP contribution in [0.5, 0.6) is 0 Å². The number of nitrogens with zero attached hydrogens (tertiary/aromatic N) is 1. The highest BCUT2D eigenvalue weighted by atomic mass is 16.5. The third-order valence-corrected chi connectivity index (χ3v) is 2.42. The van der Waals surface area contributed by atoms with Gasteiger partial charge in [0.25, 0.3) is 0 Å². The molecule has 0 heterocycles. The summed E-state index contributed by atoms with van der Waals surface area (Å²) in [4.78, 5) is 34.2. The van der Waals surface area contributed by atoms with Crippen LogP contribution in [0.25, 0.3) is 0 Å². The third-order valence-electron chi connectivity index (χ3n) is 2.42. The smallest absolute Gasteiger partial charge is 0.323 e. The Morgan fingerprint density at radius 3 is 2.26 bits per heavy atom. The van der Waals surface area contributed by atoms with Crippen LogP contribution in [0, 0.1) is 5.92 Å². The molecule has 0 saturated heterocycles. The highest BCUT2D eigenvalue weighted by molar-refractivity contribution is 5.86. The van der Waals surface area contributed by atoms with Crippen molar-refractivity contribution in [3.8, 4) is 0 Å². The molecule has 19 heavy (non-hydrogen) atoms. The molecule has 4 N–H and O–H groups in total. The molecule has 1 unspecified atom stereocenters. The van der Waals surface area contributed by atoms with E-state index in [-0.39, 0.29) is 12.0 Å². The molecule has 0 bridgehead atoms. The van der Waals surface area contributed by atoms with Gasteiger partial charge in [0.1, 0.15) is 13.1 Å². The minimum absolute atomic E-state index is 0.101. The molecule has 8 nitrogen and oxygen atoms in total. The van der Waals surface area contributed by atoms with Crippen LogP contribution in [0.2, 0.25) is 0 Å². The number of ether oxygens (including phenoxy) is 1. The molecule has 0 aromatic heterocycles. The molecular formula is C11H21N3O5. The van der Waals surface area contributed by atoms with E-state index in [4.69, 9.17) is 15.6 Å². The maximum Gasteiger partial charge on any atom is 0.323 e. The lowest BCUT2D eigenvalue weighted by Crippen LogP contribution is -2.51. The summed E-state index contributed by atoms with van der Waals surface area (Å²) < 4.78 is 4.97. The minimum atomic E-state index is -1.22. The van der Waals surface area contributed by atoms with Crippen molar-refractivity contribution >= 4 is 17.9 Å². The van der Waals surface area contributed by atoms with E-state index in [0.29, 0.717) is 6.61 Å². The average molecular weight is 275 g/mol. The number of amides is 3. The highest BCUT2D eigenvalue weighted by Crippen LogP contribution is 2.03. The zero-order valence-electron chi connectivity index (χ0n) is 11.4. The van der Waals surface area contributed by atoms with Crippen molar-refractivity contribution in [3.05, 3.63) is 0 Å². The molecule has 0 fully saturated rings. The third kappa shape index (κ3) is 7.24. The SMILES string of the molecule is COCC(NC(=O)N(CC(N)=O)CC(=O)O)C(C)C. The largest absolute Gasteiger partial charge is 0.480 e. The lowest BCUT2D eigenvalue weighted by molar-refractivity contribution is -0.137. The lowest BCUT2D eigenvalue weighted by Gasteiger charge is -2.26. The van der Waals surface area contributed by atoms with E-state index < -0.39 is 31.0 Å². The van der Waals surface area contributed by atoms with Gasteiger partial charge in [-0.3, -0.25) is 9.59 Å². The first-order chi connectivity index (χ1) is 8.77. The first-order valence-electron chi connectivity index (χ1n) is 5.82. The Morgan fingerprint density at radius 1 is 1.32 bits per heavy atom. The fourth-order valence-electron chi connectivity index (χ4n) is 1.38. The van der Waals surface area contributed by atoms with Gasteiger partial charge in [0.05, 0.1) is 12.6 Å². The van der Waals surface area contributed by atoms with Gasteiger partial charge in [0.15, 0.2) is 0 Å². The van der Waals surface area contributed by atoms with E-state index in [1.54, 1.807) is 0 Å². The van der Waals surface area contributed by atoms with Gasteiger partial charge in [-0.2, -0.15) is 0 Å². The first-order valence-corrected chi connectivity index (χ1v) is 5.82. The molecule has 0 spiro atoms. The van der Waals surface area contributed by atoms with E-state index in [2.05, 4.69) is 5.32 Å². The van der Waals surface area contributed by atoms with Crippen LogP contribution in [-0.2, 0) is 14.3 Å². The van der Waals surface area contributed by atoms with E-state index in [1.807, 2.05) is 13.8 Å². The van der Waals surface area contributed by atoms with Crippen LogP contribution in [0.3, 0.4) is 0 Å². The fourth-order valence-corrected chi connectivity index (χ4v) is 1.38. The molecular weight excluding hydrogens is 254 g/mol. The standard InChI is InChI=1S/C11H21N3O5/c1-7(2)8(6-19-3)13-11(18)14(4-9(12)15)5-10(16)17/h7-8H,4-6H2,1-3H3,(H2,12,15)(H,13,18)(H,16,17). The number of methoxy groups -OCH3 is 1. The number of hydrogen-bond donors (Lipinski definition) is 3. The first kappa shape index (κ1) is 17.2. The summed E-state index contributed by atoms with van der Waals surface area (Å²) in [6.45, 7) is 3.03. The lowest BCUT2D eigenvalue weighted by atomic mass is 10.1. The maximum atomic E-state index is 11.9. The number of carbonyl (C=O) groups excluding carboxylic acids is 2. The Hall–Kier alpha value is -1.83. The van der Waals surface area contributed by atoms with Crippen LogP contribution >= 0.6 is 0 Å². The van der Waals surface area contributed by atoms with Crippen molar-refractivity contribution in [2.24, 2.45) is 11.7 Å². The summed E-state index contributed by atoms with van der Waals surface area (Å²) in [5.74, 6) is -1.89. The number of hydrogen-bond acceptors (Lipinski definition) is 4. The number of carboxylic acid groups (broad SMARTS) is 1. The average Bonchev–Trinajstić information content (AvgIpc) is 2.25. The normalized spacial score (nSPS) is 12.0. The molecule has 3 amide bonds. The van der Waals surface area contributed by atoms with Gasteiger partial charge in [0.2, 0.25) is 5.91 Å². The molecule has 0 radical (unpaired) electrons. The zero-order valence-corrected chi connectivity index (χ0v) is 11.4. The van der Waals surface area contributed by atoms with Crippen molar-refractivity contribution < 1.29 is 24.2 Å². The number of carboxylic acids is 1. The van der Waals surface area contributed by atoms with Crippen molar-refractivity contribution in [1.82, 2.24) is 10.2 Å². The molecule has 110 valence electrons. The van der Waals surface area contributed by atoms with Crippen LogP contribution in [0.4, 0.5) is 4.79 Å². The summed E-state index contributed by atoms with van der Waals surface area (Å²) in [6.07, 6.45) is 0. The van der Waals surface area contributed by atoms with Gasteiger partial charge in [-0.1, -0.05) is 13.8 Å². The van der Waals surface area contributed by atoms with Crippen LogP contribution < -0.4 is 11.1 Å². The minimum Gasteiger partial charge on any atom is -0.480 e. The molecule has 0 aliphatic carbocycles. The predicted molar refractivity (Wildman–Crippen MR) is 67.4 cm³/mol. The Bertz CT molecular complexity index is 316. The van der Waals surface area contributed by atoms with E-state index >= 15 is 0 Å². The van der Waals surface area contributed by atoms with Crippen molar-refractivity contribution in [1.29, 1.82) is 0 Å². The van der Waals surface area contributed by atoms with Crippen molar-refractivity contribution in [2.75, 3.05) is 26.8 Å². The fraction of sp³-hybridized carbons (Fsp3) is 0.727. The number of rotatable bonds is 8. The maximum absolute atomic E-state index is 11.9. The van der Waals surface area contributed by atoms with Gasteiger partial charge in [0, 0.05) is 7.11 Å². The Kier molecular flexibility index (Phi) is 7.50. The number of aliphatic carboxylic acids is 1. The number of urea groups is 1. The molecule has 0 saturated carbocycles. The Morgan fingerprint density at radius 2 is 1.89 bits per heavy atom. The summed E-state index contributed by atoms with van der Waals surface area (Å²) >= 11 is 0. The van der Waals surface area contributed by atoms with Crippen LogP contribution in [0.15, 0.2) is 0 Å². The van der Waals surface area contributed by atoms with Gasteiger partial charge in [-0.15, -0.1) is 0 Å². The second-order valence-corrected chi connectivity index (χ2v) is 4.47. The molecule has 0 aromatic carbocycles. The van der Waals surface area contributed by atoms with Crippen LogP contribution in [0.1, 0.15) is 13.8 Å². The zero-order chi connectivity index (χ0) is 15.0. The van der Waals surface area contributed by atoms with Gasteiger partial charge < -0.3 is 25.8 Å². The van der Waals surface area contributed by atoms with Gasteiger partial charge >= 0.3 is 12.0 Å². The van der Waals surface area contributed by atoms with Crippen molar-refractivity contribution in [2.45, 2.75) is 19.9 Å². The number of nitrogens with one attached hydrogen (secondary N) is 1. The molecule has 0 rings (SSSR count). The summed E-state index contributed by atoms with van der Waals surface area (Å²) in [5.41, 5.74) is 4.98. The van der Waals surface area contributed by atoms with E-state index in [9.17, 15) is 14.4 Å². The van der Waals surface area contributed by atoms with E-state index in [0.717, 1.165) is 4.90 Å². The number of carbonyl (C=O) groups is 3. The summed E-state index contributed by atoms with van der Waals surface area (Å²) in [7, 11) is 1.50. The molecule has 8 heteroatoms. The number of primary amides is 1. The highest BCUT2D eigenvalue weighted by Gasteiger charge is 2.23. The van der Waals surface area contributed by atoms with Crippen molar-refractivity contribution in [3.63, 3.8) is 0 Å². The molecule has 0 aliphatic heterocycles. The summed E-state index contributed by atoms with van der Waals surface area (Å²) in [6, 6.07) is -0.932. The summed E-state index contributed by atoms with van der Waals surface area (Å²) in [5, 5.41) is 11.3. The second-order valence-electron chi connectivity index (χ2n) is 4.47. The predicted octanol–water partition coefficient (Wildman–Crippen LogP) is -0.761. The monoisotopic (exact) mass is 275 g/mol. The van der Waals surface area contributed by atoms with Gasteiger partial charge in [-0.25, -0.2) is 4.79 Å².